The molecular weight excluding hydrogens is 599 g/mol. The van der Waals surface area contributed by atoms with Crippen molar-refractivity contribution in [3.63, 3.8) is 0 Å². The molecule has 0 aliphatic heterocycles. The van der Waals surface area contributed by atoms with Gasteiger partial charge < -0.3 is 5.11 Å². The number of pyridine rings is 1. The molecule has 0 saturated heterocycles. The molecule has 7 rings (SSSR count). The standard InChI is InChI=1S/C45H47N3O/c1-26(2)33-22-34(27(3)4)24-35(23-33)38-16-18-41(49)42-39(38)25-31-15-17-40(47-43(31)42)30-11-9-12-32(21-30)45-46-19-20-48(45)44-36(28(5)6)13-10-14-37(44)29(7)8/h9-24,26-29,49H,25H2,1-8H3. The van der Waals surface area contributed by atoms with Crippen LogP contribution in [0.25, 0.3) is 50.7 Å². The van der Waals surface area contributed by atoms with Crippen LogP contribution in [0.5, 0.6) is 5.75 Å². The predicted octanol–water partition coefficient (Wildman–Crippen LogP) is 12.0. The number of imidazole rings is 1. The monoisotopic (exact) mass is 645 g/mol. The van der Waals surface area contributed by atoms with Gasteiger partial charge in [0.1, 0.15) is 11.6 Å². The number of hydrogen-bond acceptors (Lipinski definition) is 3. The Labute approximate surface area is 291 Å². The molecule has 2 heterocycles. The Morgan fingerprint density at radius 1 is 0.653 bits per heavy atom. The first-order chi connectivity index (χ1) is 23.5. The molecule has 49 heavy (non-hydrogen) atoms. The first-order valence-corrected chi connectivity index (χ1v) is 17.8. The Bertz CT molecular complexity index is 2130. The summed E-state index contributed by atoms with van der Waals surface area (Å²) < 4.78 is 2.26. The summed E-state index contributed by atoms with van der Waals surface area (Å²) >= 11 is 0. The Morgan fingerprint density at radius 2 is 1.31 bits per heavy atom. The van der Waals surface area contributed by atoms with Gasteiger partial charge in [-0.3, -0.25) is 4.57 Å². The number of nitrogens with zero attached hydrogens (tertiary/aromatic N) is 3. The largest absolute Gasteiger partial charge is 0.507 e. The molecule has 1 aliphatic carbocycles. The number of hydrogen-bond donors (Lipinski definition) is 1. The zero-order valence-corrected chi connectivity index (χ0v) is 30.0. The van der Waals surface area contributed by atoms with Crippen molar-refractivity contribution in [2.45, 2.75) is 85.5 Å². The van der Waals surface area contributed by atoms with E-state index in [2.05, 4.69) is 145 Å². The molecule has 4 nitrogen and oxygen atoms in total. The van der Waals surface area contributed by atoms with Crippen molar-refractivity contribution >= 4 is 0 Å². The topological polar surface area (TPSA) is 50.9 Å². The van der Waals surface area contributed by atoms with E-state index in [1.54, 1.807) is 0 Å². The van der Waals surface area contributed by atoms with Crippen LogP contribution in [0.3, 0.4) is 0 Å². The zero-order chi connectivity index (χ0) is 34.6. The lowest BCUT2D eigenvalue weighted by molar-refractivity contribution is 0.477. The van der Waals surface area contributed by atoms with Gasteiger partial charge in [0.2, 0.25) is 0 Å². The minimum absolute atomic E-state index is 0.284. The number of rotatable bonds is 8. The highest BCUT2D eigenvalue weighted by molar-refractivity contribution is 5.88. The average molecular weight is 646 g/mol. The van der Waals surface area contributed by atoms with Crippen LogP contribution in [0.1, 0.15) is 112 Å². The van der Waals surface area contributed by atoms with E-state index in [1.807, 2.05) is 12.3 Å². The second-order valence-corrected chi connectivity index (χ2v) is 14.9. The highest BCUT2D eigenvalue weighted by Crippen LogP contribution is 2.47. The third-order valence-corrected chi connectivity index (χ3v) is 10.1. The van der Waals surface area contributed by atoms with Gasteiger partial charge in [0, 0.05) is 35.5 Å². The fourth-order valence-electron chi connectivity index (χ4n) is 7.36. The summed E-state index contributed by atoms with van der Waals surface area (Å²) in [5.41, 5.74) is 15.9. The third kappa shape index (κ3) is 5.88. The first-order valence-electron chi connectivity index (χ1n) is 17.8. The zero-order valence-electron chi connectivity index (χ0n) is 30.0. The molecule has 0 unspecified atom stereocenters. The molecule has 0 fully saturated rings. The highest BCUT2D eigenvalue weighted by atomic mass is 16.3. The lowest BCUT2D eigenvalue weighted by Gasteiger charge is -2.22. The van der Waals surface area contributed by atoms with Crippen LogP contribution in [0.15, 0.2) is 97.3 Å². The summed E-state index contributed by atoms with van der Waals surface area (Å²) in [5.74, 6) is 2.81. The molecule has 1 N–H and O–H groups in total. The van der Waals surface area contributed by atoms with Crippen LogP contribution in [0.4, 0.5) is 0 Å². The van der Waals surface area contributed by atoms with Crippen molar-refractivity contribution < 1.29 is 5.11 Å². The maximum Gasteiger partial charge on any atom is 0.144 e. The summed E-state index contributed by atoms with van der Waals surface area (Å²) in [5, 5.41) is 11.3. The molecule has 4 heteroatoms. The van der Waals surface area contributed by atoms with Crippen LogP contribution in [-0.2, 0) is 6.42 Å². The number of fused-ring (bicyclic) bond motifs is 3. The summed E-state index contributed by atoms with van der Waals surface area (Å²) in [7, 11) is 0. The Morgan fingerprint density at radius 3 is 1.96 bits per heavy atom. The number of phenolic OH excluding ortho intramolecular Hbond substituents is 1. The van der Waals surface area contributed by atoms with Crippen molar-refractivity contribution in [3.05, 3.63) is 131 Å². The number of benzene rings is 4. The summed E-state index contributed by atoms with van der Waals surface area (Å²) in [6.45, 7) is 18.0. The second kappa shape index (κ2) is 12.8. The number of aromatic nitrogens is 3. The molecule has 1 aliphatic rings. The minimum atomic E-state index is 0.284. The van der Waals surface area contributed by atoms with Crippen LogP contribution < -0.4 is 0 Å². The van der Waals surface area contributed by atoms with Gasteiger partial charge in [-0.1, -0.05) is 122 Å². The van der Waals surface area contributed by atoms with Crippen LogP contribution >= 0.6 is 0 Å². The van der Waals surface area contributed by atoms with Crippen molar-refractivity contribution in [3.8, 4) is 56.5 Å². The van der Waals surface area contributed by atoms with Gasteiger partial charge in [0.05, 0.1) is 17.1 Å². The lowest BCUT2D eigenvalue weighted by Crippen LogP contribution is -2.07. The molecule has 0 bridgehead atoms. The van der Waals surface area contributed by atoms with Crippen molar-refractivity contribution in [2.24, 2.45) is 0 Å². The molecule has 2 aromatic heterocycles. The van der Waals surface area contributed by atoms with E-state index in [-0.39, 0.29) is 5.75 Å². The van der Waals surface area contributed by atoms with Gasteiger partial charge >= 0.3 is 0 Å². The highest BCUT2D eigenvalue weighted by Gasteiger charge is 2.27. The van der Waals surface area contributed by atoms with Gasteiger partial charge in [-0.15, -0.1) is 0 Å². The minimum Gasteiger partial charge on any atom is -0.507 e. The smallest absolute Gasteiger partial charge is 0.144 e. The first kappa shape index (κ1) is 32.6. The molecule has 0 radical (unpaired) electrons. The quantitative estimate of drug-likeness (QED) is 0.179. The van der Waals surface area contributed by atoms with Gasteiger partial charge in [-0.25, -0.2) is 9.97 Å². The summed E-state index contributed by atoms with van der Waals surface area (Å²) in [6, 6.07) is 30.4. The van der Waals surface area contributed by atoms with Crippen LogP contribution in [-0.4, -0.2) is 19.6 Å². The van der Waals surface area contributed by atoms with E-state index in [9.17, 15) is 5.11 Å². The third-order valence-electron chi connectivity index (χ3n) is 10.1. The average Bonchev–Trinajstić information content (AvgIpc) is 3.73. The van der Waals surface area contributed by atoms with Gasteiger partial charge in [-0.05, 0) is 86.4 Å². The van der Waals surface area contributed by atoms with Gasteiger partial charge in [-0.2, -0.15) is 0 Å². The van der Waals surface area contributed by atoms with E-state index in [4.69, 9.17) is 9.97 Å². The number of aromatic hydroxyl groups is 1. The maximum atomic E-state index is 11.3. The molecule has 4 aromatic carbocycles. The molecule has 248 valence electrons. The van der Waals surface area contributed by atoms with Crippen LogP contribution in [0.2, 0.25) is 0 Å². The SMILES string of the molecule is CC(C)c1cc(-c2ccc(O)c3c2Cc2ccc(-c4cccc(-c5nccn5-c5c(C(C)C)cccc5C(C)C)c4)nc2-3)cc(C(C)C)c1. The van der Waals surface area contributed by atoms with E-state index < -0.39 is 0 Å². The molecule has 0 spiro atoms. The number of para-hydroxylation sites is 1. The van der Waals surface area contributed by atoms with Crippen LogP contribution in [0, 0.1) is 0 Å². The van der Waals surface area contributed by atoms with E-state index in [0.29, 0.717) is 23.7 Å². The maximum absolute atomic E-state index is 11.3. The van der Waals surface area contributed by atoms with Gasteiger partial charge in [0.15, 0.2) is 0 Å². The lowest BCUT2D eigenvalue weighted by atomic mass is 9.88. The second-order valence-electron chi connectivity index (χ2n) is 14.9. The fourth-order valence-corrected chi connectivity index (χ4v) is 7.36. The molecule has 0 atom stereocenters. The summed E-state index contributed by atoms with van der Waals surface area (Å²) in [6.07, 6.45) is 4.73. The molecule has 0 saturated carbocycles. The predicted molar refractivity (Wildman–Crippen MR) is 204 cm³/mol. The van der Waals surface area contributed by atoms with Crippen molar-refractivity contribution in [2.75, 3.05) is 0 Å². The Hall–Kier alpha value is -4.96. The normalized spacial score (nSPS) is 12.4. The Kier molecular flexibility index (Phi) is 8.52. The fraction of sp³-hybridized carbons (Fsp3) is 0.289. The molecular formula is C45H47N3O. The Balaban J connectivity index is 1.30. The van der Waals surface area contributed by atoms with E-state index in [1.165, 1.54) is 39.1 Å². The molecule has 6 aromatic rings. The van der Waals surface area contributed by atoms with Crippen molar-refractivity contribution in [1.82, 2.24) is 14.5 Å². The van der Waals surface area contributed by atoms with E-state index >= 15 is 0 Å². The van der Waals surface area contributed by atoms with Gasteiger partial charge in [0.25, 0.3) is 0 Å². The summed E-state index contributed by atoms with van der Waals surface area (Å²) in [4.78, 5) is 10.1. The van der Waals surface area contributed by atoms with E-state index in [0.717, 1.165) is 51.5 Å². The molecule has 0 amide bonds. The number of phenols is 1. The van der Waals surface area contributed by atoms with Crippen molar-refractivity contribution in [1.29, 1.82) is 0 Å².